The quantitative estimate of drug-likeness (QED) is 0.908. The minimum Gasteiger partial charge on any atom is -0.373 e. The third kappa shape index (κ3) is 3.84. The van der Waals surface area contributed by atoms with Gasteiger partial charge in [0.2, 0.25) is 0 Å². The Morgan fingerprint density at radius 1 is 1.04 bits per heavy atom. The van der Waals surface area contributed by atoms with Crippen LogP contribution in [0.25, 0.3) is 0 Å². The van der Waals surface area contributed by atoms with Gasteiger partial charge in [0.15, 0.2) is 0 Å². The first-order chi connectivity index (χ1) is 10.8. The van der Waals surface area contributed by atoms with Gasteiger partial charge in [0.1, 0.15) is 5.69 Å². The van der Waals surface area contributed by atoms with Gasteiger partial charge in [0.05, 0.1) is 0 Å². The Morgan fingerprint density at radius 2 is 1.65 bits per heavy atom. The minimum atomic E-state index is 0.0171. The number of rotatable bonds is 5. The predicted molar refractivity (Wildman–Crippen MR) is 98.8 cm³/mol. The van der Waals surface area contributed by atoms with Crippen molar-refractivity contribution in [2.24, 2.45) is 0 Å². The van der Waals surface area contributed by atoms with Crippen molar-refractivity contribution in [1.29, 1.82) is 0 Å². The highest BCUT2D eigenvalue weighted by Crippen LogP contribution is 2.25. The van der Waals surface area contributed by atoms with Gasteiger partial charge in [-0.2, -0.15) is 0 Å². The number of nitrogens with one attached hydrogen (secondary N) is 1. The first-order valence-corrected chi connectivity index (χ1v) is 8.32. The van der Waals surface area contributed by atoms with E-state index in [1.165, 1.54) is 22.3 Å². The van der Waals surface area contributed by atoms with Crippen molar-refractivity contribution < 1.29 is 0 Å². The number of anilines is 1. The lowest BCUT2D eigenvalue weighted by molar-refractivity contribution is 0.850. The Morgan fingerprint density at radius 3 is 2.17 bits per heavy atom. The van der Waals surface area contributed by atoms with Crippen LogP contribution in [-0.2, 0) is 12.8 Å². The van der Waals surface area contributed by atoms with Crippen LogP contribution >= 0.6 is 0 Å². The Balaban J connectivity index is 2.60. The van der Waals surface area contributed by atoms with Crippen LogP contribution in [0.2, 0.25) is 0 Å². The lowest BCUT2D eigenvalue weighted by Crippen LogP contribution is -2.25. The third-order valence-corrected chi connectivity index (χ3v) is 4.28. The molecular formula is C20H28N2O. The normalized spacial score (nSPS) is 10.9. The van der Waals surface area contributed by atoms with Crippen LogP contribution in [-0.4, -0.2) is 19.1 Å². The van der Waals surface area contributed by atoms with E-state index in [4.69, 9.17) is 0 Å². The van der Waals surface area contributed by atoms with Gasteiger partial charge in [-0.1, -0.05) is 42.7 Å². The highest BCUT2D eigenvalue weighted by molar-refractivity contribution is 5.57. The van der Waals surface area contributed by atoms with Crippen LogP contribution < -0.4 is 10.5 Å². The van der Waals surface area contributed by atoms with Crippen molar-refractivity contribution in [3.05, 3.63) is 62.1 Å². The molecule has 0 aliphatic carbocycles. The number of aryl methyl sites for hydroxylation is 3. The molecule has 3 nitrogen and oxygen atoms in total. The fourth-order valence-corrected chi connectivity index (χ4v) is 3.35. The fraction of sp³-hybridized carbons (Fsp3) is 0.450. The second kappa shape index (κ2) is 7.03. The van der Waals surface area contributed by atoms with Crippen LogP contribution in [0, 0.1) is 20.8 Å². The topological polar surface area (TPSA) is 36.1 Å². The molecule has 124 valence electrons. The largest absolute Gasteiger partial charge is 0.373 e. The number of aromatic nitrogens is 1. The number of aromatic amines is 1. The molecular weight excluding hydrogens is 284 g/mol. The number of pyridine rings is 1. The van der Waals surface area contributed by atoms with Gasteiger partial charge in [-0.3, -0.25) is 4.79 Å². The molecule has 0 saturated heterocycles. The van der Waals surface area contributed by atoms with Gasteiger partial charge in [-0.05, 0) is 43.9 Å². The summed E-state index contributed by atoms with van der Waals surface area (Å²) >= 11 is 0. The summed E-state index contributed by atoms with van der Waals surface area (Å²) < 4.78 is 0. The Kier molecular flexibility index (Phi) is 5.30. The molecule has 1 heterocycles. The van der Waals surface area contributed by atoms with Gasteiger partial charge in [0.25, 0.3) is 5.56 Å². The van der Waals surface area contributed by atoms with E-state index in [9.17, 15) is 4.79 Å². The van der Waals surface area contributed by atoms with Gasteiger partial charge in [-0.25, -0.2) is 0 Å². The highest BCUT2D eigenvalue weighted by atomic mass is 16.1. The second-order valence-corrected chi connectivity index (χ2v) is 6.70. The molecule has 0 aliphatic heterocycles. The molecule has 1 aromatic heterocycles. The van der Waals surface area contributed by atoms with Crippen LogP contribution in [0.1, 0.15) is 46.9 Å². The summed E-state index contributed by atoms with van der Waals surface area (Å²) in [4.78, 5) is 17.6. The van der Waals surface area contributed by atoms with E-state index in [1.807, 2.05) is 19.0 Å². The summed E-state index contributed by atoms with van der Waals surface area (Å²) in [7, 11) is 3.88. The molecule has 0 unspecified atom stereocenters. The molecule has 1 aromatic carbocycles. The van der Waals surface area contributed by atoms with Gasteiger partial charge >= 0.3 is 0 Å². The van der Waals surface area contributed by atoms with E-state index in [2.05, 4.69) is 50.9 Å². The molecule has 0 atom stereocenters. The van der Waals surface area contributed by atoms with Crippen molar-refractivity contribution in [1.82, 2.24) is 4.98 Å². The zero-order valence-corrected chi connectivity index (χ0v) is 15.2. The second-order valence-electron chi connectivity index (χ2n) is 6.70. The lowest BCUT2D eigenvalue weighted by Gasteiger charge is -2.21. The fourth-order valence-electron chi connectivity index (χ4n) is 3.35. The van der Waals surface area contributed by atoms with E-state index in [0.717, 1.165) is 36.2 Å². The van der Waals surface area contributed by atoms with Crippen molar-refractivity contribution in [3.8, 4) is 0 Å². The zero-order chi connectivity index (χ0) is 17.1. The summed E-state index contributed by atoms with van der Waals surface area (Å²) in [6.07, 6.45) is 2.73. The SMILES string of the molecule is CCCc1[nH]c(=O)c(N(C)C)c(Cc2cc(C)cc(C)c2)c1C. The summed E-state index contributed by atoms with van der Waals surface area (Å²) in [5.41, 5.74) is 8.03. The molecule has 0 spiro atoms. The molecule has 0 radical (unpaired) electrons. The third-order valence-electron chi connectivity index (χ3n) is 4.28. The summed E-state index contributed by atoms with van der Waals surface area (Å²) in [5.74, 6) is 0. The molecule has 0 aliphatic rings. The molecule has 1 N–H and O–H groups in total. The van der Waals surface area contributed by atoms with Crippen LogP contribution in [0.4, 0.5) is 5.69 Å². The Bertz CT molecular complexity index is 737. The van der Waals surface area contributed by atoms with Crippen LogP contribution in [0.3, 0.4) is 0 Å². The first-order valence-electron chi connectivity index (χ1n) is 8.32. The van der Waals surface area contributed by atoms with E-state index >= 15 is 0 Å². The highest BCUT2D eigenvalue weighted by Gasteiger charge is 2.16. The minimum absolute atomic E-state index is 0.0171. The average molecular weight is 312 g/mol. The molecule has 0 amide bonds. The summed E-state index contributed by atoms with van der Waals surface area (Å²) in [5, 5.41) is 0. The molecule has 2 rings (SSSR count). The maximum Gasteiger partial charge on any atom is 0.271 e. The number of hydrogen-bond donors (Lipinski definition) is 1. The van der Waals surface area contributed by atoms with E-state index in [0.29, 0.717) is 0 Å². The first kappa shape index (κ1) is 17.3. The average Bonchev–Trinajstić information content (AvgIpc) is 2.42. The van der Waals surface area contributed by atoms with E-state index in [-0.39, 0.29) is 5.56 Å². The maximum atomic E-state index is 12.6. The van der Waals surface area contributed by atoms with Gasteiger partial charge in [0, 0.05) is 26.2 Å². The maximum absolute atomic E-state index is 12.6. The number of nitrogens with zero attached hydrogens (tertiary/aromatic N) is 1. The smallest absolute Gasteiger partial charge is 0.271 e. The molecule has 0 fully saturated rings. The summed E-state index contributed by atoms with van der Waals surface area (Å²) in [6.45, 7) is 8.51. The molecule has 0 bridgehead atoms. The molecule has 3 heteroatoms. The van der Waals surface area contributed by atoms with Crippen molar-refractivity contribution in [2.45, 2.75) is 47.0 Å². The zero-order valence-electron chi connectivity index (χ0n) is 15.2. The monoisotopic (exact) mass is 312 g/mol. The molecule has 2 aromatic rings. The van der Waals surface area contributed by atoms with Crippen molar-refractivity contribution >= 4 is 5.69 Å². The number of benzene rings is 1. The Hall–Kier alpha value is -2.03. The summed E-state index contributed by atoms with van der Waals surface area (Å²) in [6, 6.07) is 6.61. The number of hydrogen-bond acceptors (Lipinski definition) is 2. The van der Waals surface area contributed by atoms with Gasteiger partial charge in [-0.15, -0.1) is 0 Å². The molecule has 0 saturated carbocycles. The van der Waals surface area contributed by atoms with E-state index < -0.39 is 0 Å². The lowest BCUT2D eigenvalue weighted by atomic mass is 9.95. The predicted octanol–water partition coefficient (Wildman–Crippen LogP) is 3.91. The standard InChI is InChI=1S/C20H28N2O/c1-7-8-18-15(4)17(19(22(5)6)20(23)21-18)12-16-10-13(2)9-14(3)11-16/h9-11H,7-8,12H2,1-6H3,(H,21,23). The molecule has 23 heavy (non-hydrogen) atoms. The van der Waals surface area contributed by atoms with E-state index in [1.54, 1.807) is 0 Å². The van der Waals surface area contributed by atoms with Crippen molar-refractivity contribution in [2.75, 3.05) is 19.0 Å². The number of H-pyrrole nitrogens is 1. The Labute approximate surface area is 139 Å². The van der Waals surface area contributed by atoms with Crippen LogP contribution in [0.15, 0.2) is 23.0 Å². The van der Waals surface area contributed by atoms with Gasteiger partial charge < -0.3 is 9.88 Å². The van der Waals surface area contributed by atoms with Crippen molar-refractivity contribution in [3.63, 3.8) is 0 Å². The van der Waals surface area contributed by atoms with Crippen LogP contribution in [0.5, 0.6) is 0 Å².